The van der Waals surface area contributed by atoms with Crippen molar-refractivity contribution in [3.05, 3.63) is 18.0 Å². The Morgan fingerprint density at radius 2 is 2.12 bits per heavy atom. The highest BCUT2D eigenvalue weighted by molar-refractivity contribution is 5.93. The van der Waals surface area contributed by atoms with Gasteiger partial charge < -0.3 is 10.6 Å². The molecule has 2 rings (SSSR count). The normalized spacial score (nSPS) is 16.4. The molecule has 1 amide bonds. The molecule has 1 aliphatic rings. The van der Waals surface area contributed by atoms with Crippen LogP contribution in [0.3, 0.4) is 0 Å². The molecule has 1 unspecified atom stereocenters. The van der Waals surface area contributed by atoms with Gasteiger partial charge in [-0.1, -0.05) is 6.92 Å². The molecule has 1 aromatic heterocycles. The summed E-state index contributed by atoms with van der Waals surface area (Å²) in [4.78, 5) is 20.0. The minimum atomic E-state index is -0.114. The lowest BCUT2D eigenvalue weighted by molar-refractivity contribution is 0.0938. The van der Waals surface area contributed by atoms with E-state index in [0.29, 0.717) is 17.6 Å². The monoisotopic (exact) mass is 234 g/mol. The first-order valence-electron chi connectivity index (χ1n) is 6.08. The van der Waals surface area contributed by atoms with Crippen LogP contribution >= 0.6 is 0 Å². The van der Waals surface area contributed by atoms with E-state index in [1.165, 1.54) is 12.8 Å². The average Bonchev–Trinajstić information content (AvgIpc) is 3.13. The summed E-state index contributed by atoms with van der Waals surface area (Å²) in [6.45, 7) is 4.01. The second-order valence-electron chi connectivity index (χ2n) is 4.50. The number of nitrogens with one attached hydrogen (secondary N) is 2. The molecule has 0 saturated heterocycles. The fourth-order valence-corrected chi connectivity index (χ4v) is 1.34. The summed E-state index contributed by atoms with van der Waals surface area (Å²) in [6, 6.07) is 0.696. The van der Waals surface area contributed by atoms with Gasteiger partial charge >= 0.3 is 0 Å². The van der Waals surface area contributed by atoms with Gasteiger partial charge in [-0.15, -0.1) is 0 Å². The van der Waals surface area contributed by atoms with E-state index in [1.54, 1.807) is 12.4 Å². The number of aromatic nitrogens is 2. The lowest BCUT2D eigenvalue weighted by Crippen LogP contribution is -2.32. The van der Waals surface area contributed by atoms with Crippen LogP contribution in [0.4, 0.5) is 5.95 Å². The van der Waals surface area contributed by atoms with Crippen molar-refractivity contribution in [2.75, 3.05) is 5.32 Å². The zero-order chi connectivity index (χ0) is 12.3. The molecule has 0 aliphatic heterocycles. The van der Waals surface area contributed by atoms with Gasteiger partial charge in [-0.3, -0.25) is 4.79 Å². The number of hydrogen-bond donors (Lipinski definition) is 2. The summed E-state index contributed by atoms with van der Waals surface area (Å²) in [7, 11) is 0. The molecule has 17 heavy (non-hydrogen) atoms. The van der Waals surface area contributed by atoms with Gasteiger partial charge in [0.2, 0.25) is 5.95 Å². The van der Waals surface area contributed by atoms with Gasteiger partial charge in [0.05, 0.1) is 5.56 Å². The standard InChI is InChI=1S/C12H18N4O/c1-3-8(2)15-11(17)9-6-13-12(14-7-9)16-10-4-5-10/h6-8,10H,3-5H2,1-2H3,(H,15,17)(H,13,14,16). The maximum Gasteiger partial charge on any atom is 0.254 e. The Morgan fingerprint density at radius 1 is 1.47 bits per heavy atom. The van der Waals surface area contributed by atoms with Gasteiger partial charge in [0, 0.05) is 24.5 Å². The third kappa shape index (κ3) is 3.41. The highest BCUT2D eigenvalue weighted by Gasteiger charge is 2.21. The zero-order valence-corrected chi connectivity index (χ0v) is 10.2. The van der Waals surface area contributed by atoms with Crippen molar-refractivity contribution >= 4 is 11.9 Å². The minimum Gasteiger partial charge on any atom is -0.351 e. The van der Waals surface area contributed by atoms with Crippen molar-refractivity contribution in [2.45, 2.75) is 45.2 Å². The number of anilines is 1. The molecular formula is C12H18N4O. The Hall–Kier alpha value is -1.65. The van der Waals surface area contributed by atoms with E-state index in [1.807, 2.05) is 13.8 Å². The maximum absolute atomic E-state index is 11.7. The second-order valence-corrected chi connectivity index (χ2v) is 4.50. The van der Waals surface area contributed by atoms with Crippen LogP contribution in [0, 0.1) is 0 Å². The van der Waals surface area contributed by atoms with E-state index in [2.05, 4.69) is 20.6 Å². The van der Waals surface area contributed by atoms with Gasteiger partial charge in [-0.05, 0) is 26.2 Å². The Balaban J connectivity index is 1.93. The van der Waals surface area contributed by atoms with Gasteiger partial charge in [0.15, 0.2) is 0 Å². The van der Waals surface area contributed by atoms with E-state index in [4.69, 9.17) is 0 Å². The third-order valence-corrected chi connectivity index (χ3v) is 2.81. The number of carbonyl (C=O) groups excluding carboxylic acids is 1. The Morgan fingerprint density at radius 3 is 2.65 bits per heavy atom. The molecule has 1 fully saturated rings. The predicted octanol–water partition coefficient (Wildman–Crippen LogP) is 1.58. The number of nitrogens with zero attached hydrogens (tertiary/aromatic N) is 2. The van der Waals surface area contributed by atoms with Gasteiger partial charge in [0.1, 0.15) is 0 Å². The summed E-state index contributed by atoms with van der Waals surface area (Å²) in [5.74, 6) is 0.491. The quantitative estimate of drug-likeness (QED) is 0.811. The van der Waals surface area contributed by atoms with Crippen molar-refractivity contribution in [3.63, 3.8) is 0 Å². The molecule has 1 saturated carbocycles. The first kappa shape index (κ1) is 11.8. The fraction of sp³-hybridized carbons (Fsp3) is 0.583. The smallest absolute Gasteiger partial charge is 0.254 e. The molecule has 92 valence electrons. The summed E-state index contributed by atoms with van der Waals surface area (Å²) >= 11 is 0. The molecule has 0 spiro atoms. The van der Waals surface area contributed by atoms with E-state index >= 15 is 0 Å². The van der Waals surface area contributed by atoms with E-state index in [0.717, 1.165) is 6.42 Å². The predicted molar refractivity (Wildman–Crippen MR) is 65.9 cm³/mol. The summed E-state index contributed by atoms with van der Waals surface area (Å²) < 4.78 is 0. The van der Waals surface area contributed by atoms with Gasteiger partial charge in [-0.2, -0.15) is 0 Å². The molecule has 2 N–H and O–H groups in total. The van der Waals surface area contributed by atoms with Crippen molar-refractivity contribution in [2.24, 2.45) is 0 Å². The van der Waals surface area contributed by atoms with Gasteiger partial charge in [0.25, 0.3) is 5.91 Å². The SMILES string of the molecule is CCC(C)NC(=O)c1cnc(NC2CC2)nc1. The number of rotatable bonds is 5. The number of hydrogen-bond acceptors (Lipinski definition) is 4. The van der Waals surface area contributed by atoms with Crippen LogP contribution in [0.1, 0.15) is 43.5 Å². The highest BCUT2D eigenvalue weighted by Crippen LogP contribution is 2.22. The summed E-state index contributed by atoms with van der Waals surface area (Å²) in [5, 5.41) is 6.06. The van der Waals surface area contributed by atoms with Crippen LogP contribution in [0.25, 0.3) is 0 Å². The third-order valence-electron chi connectivity index (χ3n) is 2.81. The molecule has 0 aromatic carbocycles. The van der Waals surface area contributed by atoms with Crippen LogP contribution in [-0.4, -0.2) is 28.0 Å². The molecule has 1 aliphatic carbocycles. The van der Waals surface area contributed by atoms with Crippen LogP contribution in [-0.2, 0) is 0 Å². The van der Waals surface area contributed by atoms with Crippen LogP contribution in [0.5, 0.6) is 0 Å². The molecule has 5 nitrogen and oxygen atoms in total. The Kier molecular flexibility index (Phi) is 3.56. The second kappa shape index (κ2) is 5.12. The number of carbonyl (C=O) groups is 1. The Labute approximate surface area is 101 Å². The van der Waals surface area contributed by atoms with Crippen LogP contribution in [0.2, 0.25) is 0 Å². The van der Waals surface area contributed by atoms with Crippen molar-refractivity contribution in [1.82, 2.24) is 15.3 Å². The van der Waals surface area contributed by atoms with Crippen molar-refractivity contribution in [1.29, 1.82) is 0 Å². The van der Waals surface area contributed by atoms with Crippen molar-refractivity contribution < 1.29 is 4.79 Å². The maximum atomic E-state index is 11.7. The fourth-order valence-electron chi connectivity index (χ4n) is 1.34. The summed E-state index contributed by atoms with van der Waals surface area (Å²) in [5.41, 5.74) is 0.506. The van der Waals surface area contributed by atoms with Gasteiger partial charge in [-0.25, -0.2) is 9.97 Å². The molecule has 1 atom stereocenters. The first-order valence-corrected chi connectivity index (χ1v) is 6.08. The molecule has 5 heteroatoms. The van der Waals surface area contributed by atoms with E-state index in [9.17, 15) is 4.79 Å². The van der Waals surface area contributed by atoms with E-state index in [-0.39, 0.29) is 11.9 Å². The molecule has 1 heterocycles. The lowest BCUT2D eigenvalue weighted by Gasteiger charge is -2.11. The first-order chi connectivity index (χ1) is 8.19. The molecule has 1 aromatic rings. The molecular weight excluding hydrogens is 216 g/mol. The van der Waals surface area contributed by atoms with Crippen LogP contribution < -0.4 is 10.6 Å². The minimum absolute atomic E-state index is 0.114. The topological polar surface area (TPSA) is 66.9 Å². The van der Waals surface area contributed by atoms with E-state index < -0.39 is 0 Å². The zero-order valence-electron chi connectivity index (χ0n) is 10.2. The van der Waals surface area contributed by atoms with Crippen LogP contribution in [0.15, 0.2) is 12.4 Å². The summed E-state index contributed by atoms with van der Waals surface area (Å²) in [6.07, 6.45) is 6.40. The average molecular weight is 234 g/mol. The Bertz CT molecular complexity index is 386. The number of amides is 1. The van der Waals surface area contributed by atoms with Crippen molar-refractivity contribution in [3.8, 4) is 0 Å². The molecule has 0 radical (unpaired) electrons. The lowest BCUT2D eigenvalue weighted by atomic mass is 10.2. The largest absolute Gasteiger partial charge is 0.351 e. The highest BCUT2D eigenvalue weighted by atomic mass is 16.1. The molecule has 0 bridgehead atoms.